The first-order chi connectivity index (χ1) is 16.2. The maximum atomic E-state index is 13.3. The van der Waals surface area contributed by atoms with Gasteiger partial charge in [-0.3, -0.25) is 9.36 Å². The van der Waals surface area contributed by atoms with E-state index < -0.39 is 0 Å². The van der Waals surface area contributed by atoms with E-state index in [1.807, 2.05) is 30.3 Å². The molecular formula is C23H15N5O5. The lowest BCUT2D eigenvalue weighted by atomic mass is 10.2. The van der Waals surface area contributed by atoms with Gasteiger partial charge < -0.3 is 18.9 Å². The van der Waals surface area contributed by atoms with Crippen molar-refractivity contribution in [3.63, 3.8) is 0 Å². The third kappa shape index (κ3) is 2.73. The Labute approximate surface area is 185 Å². The molecule has 10 nitrogen and oxygen atoms in total. The van der Waals surface area contributed by atoms with Crippen LogP contribution in [0.1, 0.15) is 0 Å². The Morgan fingerprint density at radius 1 is 0.848 bits per heavy atom. The Kier molecular flexibility index (Phi) is 3.66. The van der Waals surface area contributed by atoms with E-state index in [9.17, 15) is 4.79 Å². The van der Waals surface area contributed by atoms with E-state index in [2.05, 4.69) is 15.1 Å². The first-order valence-corrected chi connectivity index (χ1v) is 10.3. The zero-order valence-electron chi connectivity index (χ0n) is 17.1. The molecule has 2 aromatic carbocycles. The lowest BCUT2D eigenvalue weighted by Gasteiger charge is -2.18. The normalized spacial score (nSPS) is 14.2. The minimum absolute atomic E-state index is 0.172. The molecule has 0 amide bonds. The van der Waals surface area contributed by atoms with E-state index >= 15 is 0 Å². The predicted octanol–water partition coefficient (Wildman–Crippen LogP) is 2.60. The van der Waals surface area contributed by atoms with Crippen molar-refractivity contribution < 1.29 is 18.9 Å². The molecule has 5 heterocycles. The number of nitrogens with zero attached hydrogens (tertiary/aromatic N) is 5. The van der Waals surface area contributed by atoms with E-state index in [0.717, 1.165) is 5.56 Å². The van der Waals surface area contributed by atoms with Crippen molar-refractivity contribution in [2.24, 2.45) is 0 Å². The molecule has 0 radical (unpaired) electrons. The Bertz CT molecular complexity index is 1640. The number of rotatable bonds is 2. The molecule has 0 spiro atoms. The molecule has 7 rings (SSSR count). The Balaban J connectivity index is 1.35. The summed E-state index contributed by atoms with van der Waals surface area (Å²) < 4.78 is 25.2. The van der Waals surface area contributed by atoms with Crippen LogP contribution in [0.2, 0.25) is 0 Å². The van der Waals surface area contributed by atoms with E-state index in [0.29, 0.717) is 64.4 Å². The van der Waals surface area contributed by atoms with Crippen molar-refractivity contribution in [3.05, 3.63) is 65.2 Å². The van der Waals surface area contributed by atoms with Gasteiger partial charge in [-0.2, -0.15) is 9.50 Å². The number of fused-ring (bicyclic) bond motifs is 5. The van der Waals surface area contributed by atoms with Gasteiger partial charge in [0.2, 0.25) is 6.79 Å². The highest BCUT2D eigenvalue weighted by molar-refractivity contribution is 5.79. The summed E-state index contributed by atoms with van der Waals surface area (Å²) in [6.45, 7) is 1.20. The van der Waals surface area contributed by atoms with E-state index in [-0.39, 0.29) is 12.4 Å². The molecule has 10 heteroatoms. The predicted molar refractivity (Wildman–Crippen MR) is 116 cm³/mol. The van der Waals surface area contributed by atoms with Crippen molar-refractivity contribution >= 4 is 16.7 Å². The highest BCUT2D eigenvalue weighted by Gasteiger charge is 2.18. The second-order valence-electron chi connectivity index (χ2n) is 7.59. The number of benzene rings is 2. The summed E-state index contributed by atoms with van der Waals surface area (Å²) in [5.74, 6) is 3.49. The fourth-order valence-electron chi connectivity index (χ4n) is 4.06. The SMILES string of the molecule is O=c1c2cnc3nc(-c4ccc5c(c4)OCCO5)nn3c2ccn1-c1ccc2c(c1)OCO2. The lowest BCUT2D eigenvalue weighted by Crippen LogP contribution is -2.18. The van der Waals surface area contributed by atoms with Crippen LogP contribution in [0.4, 0.5) is 0 Å². The zero-order valence-corrected chi connectivity index (χ0v) is 17.1. The van der Waals surface area contributed by atoms with Crippen LogP contribution < -0.4 is 24.5 Å². The number of pyridine rings is 1. The summed E-state index contributed by atoms with van der Waals surface area (Å²) in [5.41, 5.74) is 1.82. The van der Waals surface area contributed by atoms with Gasteiger partial charge in [-0.05, 0) is 36.4 Å². The summed E-state index contributed by atoms with van der Waals surface area (Å²) in [7, 11) is 0. The largest absolute Gasteiger partial charge is 0.486 e. The smallest absolute Gasteiger partial charge is 0.266 e. The first kappa shape index (κ1) is 18.0. The molecule has 0 saturated carbocycles. The standard InChI is InChI=1S/C23H15N5O5/c29-22-15-11-24-23-25-21(13-1-3-17-19(9-13)31-8-7-30-17)26-28(23)16(15)5-6-27(22)14-2-4-18-20(10-14)33-12-32-18/h1-6,9-11H,7-8,12H2. The molecule has 0 atom stereocenters. The van der Waals surface area contributed by atoms with E-state index in [4.69, 9.17) is 18.9 Å². The van der Waals surface area contributed by atoms with Gasteiger partial charge >= 0.3 is 0 Å². The molecule has 5 aromatic rings. The molecule has 0 N–H and O–H groups in total. The van der Waals surface area contributed by atoms with Crippen LogP contribution in [0, 0.1) is 0 Å². The molecule has 0 bridgehead atoms. The van der Waals surface area contributed by atoms with E-state index in [1.54, 1.807) is 22.8 Å². The molecule has 3 aromatic heterocycles. The highest BCUT2D eigenvalue weighted by Crippen LogP contribution is 2.34. The summed E-state index contributed by atoms with van der Waals surface area (Å²) in [6, 6.07) is 12.7. The van der Waals surface area contributed by atoms with E-state index in [1.165, 1.54) is 10.8 Å². The van der Waals surface area contributed by atoms with Gasteiger partial charge in [-0.25, -0.2) is 4.98 Å². The number of ether oxygens (including phenoxy) is 4. The van der Waals surface area contributed by atoms with Gasteiger partial charge in [-0.1, -0.05) is 0 Å². The second-order valence-corrected chi connectivity index (χ2v) is 7.59. The van der Waals surface area contributed by atoms with Crippen molar-refractivity contribution in [1.29, 1.82) is 0 Å². The van der Waals surface area contributed by atoms with Crippen LogP contribution in [0.15, 0.2) is 59.7 Å². The van der Waals surface area contributed by atoms with Gasteiger partial charge in [0.05, 0.1) is 16.6 Å². The number of hydrogen-bond donors (Lipinski definition) is 0. The molecule has 0 fully saturated rings. The Hall–Kier alpha value is -4.60. The number of hydrogen-bond acceptors (Lipinski definition) is 8. The average molecular weight is 441 g/mol. The summed E-state index contributed by atoms with van der Waals surface area (Å²) in [5, 5.41) is 5.03. The topological polar surface area (TPSA) is 102 Å². The first-order valence-electron chi connectivity index (χ1n) is 10.3. The van der Waals surface area contributed by atoms with Gasteiger partial charge in [0.25, 0.3) is 11.3 Å². The summed E-state index contributed by atoms with van der Waals surface area (Å²) >= 11 is 0. The van der Waals surface area contributed by atoms with Crippen molar-refractivity contribution in [1.82, 2.24) is 24.1 Å². The fourth-order valence-corrected chi connectivity index (χ4v) is 4.06. The molecule has 0 saturated heterocycles. The van der Waals surface area contributed by atoms with Crippen LogP contribution in [0.5, 0.6) is 23.0 Å². The van der Waals surface area contributed by atoms with Crippen molar-refractivity contribution in [2.45, 2.75) is 0 Å². The molecule has 33 heavy (non-hydrogen) atoms. The molecular weight excluding hydrogens is 426 g/mol. The zero-order chi connectivity index (χ0) is 21.9. The summed E-state index contributed by atoms with van der Waals surface area (Å²) in [4.78, 5) is 22.2. The maximum absolute atomic E-state index is 13.3. The molecule has 0 unspecified atom stereocenters. The monoisotopic (exact) mass is 441 g/mol. The summed E-state index contributed by atoms with van der Waals surface area (Å²) in [6.07, 6.45) is 3.23. The molecule has 0 aliphatic carbocycles. The van der Waals surface area contributed by atoms with Crippen LogP contribution in [-0.2, 0) is 0 Å². The van der Waals surface area contributed by atoms with Crippen LogP contribution >= 0.6 is 0 Å². The van der Waals surface area contributed by atoms with Gasteiger partial charge in [0.15, 0.2) is 28.8 Å². The maximum Gasteiger partial charge on any atom is 0.266 e. The minimum atomic E-state index is -0.225. The second kappa shape index (κ2) is 6.70. The third-order valence-corrected chi connectivity index (χ3v) is 5.67. The fraction of sp³-hybridized carbons (Fsp3) is 0.130. The molecule has 2 aliphatic rings. The molecule has 162 valence electrons. The number of aromatic nitrogens is 5. The Morgan fingerprint density at radius 2 is 1.64 bits per heavy atom. The minimum Gasteiger partial charge on any atom is -0.486 e. The van der Waals surface area contributed by atoms with Crippen LogP contribution in [-0.4, -0.2) is 44.2 Å². The third-order valence-electron chi connectivity index (χ3n) is 5.67. The molecule has 2 aliphatic heterocycles. The van der Waals surface area contributed by atoms with Gasteiger partial charge in [0, 0.05) is 24.0 Å². The van der Waals surface area contributed by atoms with Crippen LogP contribution in [0.3, 0.4) is 0 Å². The van der Waals surface area contributed by atoms with Crippen LogP contribution in [0.25, 0.3) is 33.8 Å². The van der Waals surface area contributed by atoms with Gasteiger partial charge in [0.1, 0.15) is 13.2 Å². The average Bonchev–Trinajstić information content (AvgIpc) is 3.50. The Morgan fingerprint density at radius 3 is 2.58 bits per heavy atom. The van der Waals surface area contributed by atoms with Gasteiger partial charge in [-0.15, -0.1) is 5.10 Å². The quantitative estimate of drug-likeness (QED) is 0.412. The lowest BCUT2D eigenvalue weighted by molar-refractivity contribution is 0.171. The highest BCUT2D eigenvalue weighted by atomic mass is 16.7. The van der Waals surface area contributed by atoms with Crippen molar-refractivity contribution in [3.8, 4) is 40.1 Å². The van der Waals surface area contributed by atoms with Crippen molar-refractivity contribution in [2.75, 3.05) is 20.0 Å².